The fourth-order valence-corrected chi connectivity index (χ4v) is 1.94. The molecule has 6 nitrogen and oxygen atoms in total. The van der Waals surface area contributed by atoms with E-state index in [1.165, 1.54) is 0 Å². The maximum Gasteiger partial charge on any atom is 0.337 e. The zero-order valence-electron chi connectivity index (χ0n) is 11.2. The molecule has 0 aromatic heterocycles. The third kappa shape index (κ3) is 3.27. The number of hydrogen-bond acceptors (Lipinski definition) is 4. The molecule has 2 rings (SSSR count). The van der Waals surface area contributed by atoms with Crippen LogP contribution < -0.4 is 10.1 Å². The molecule has 0 saturated carbocycles. The fourth-order valence-electron chi connectivity index (χ4n) is 1.94. The monoisotopic (exact) mass is 279 g/mol. The van der Waals surface area contributed by atoms with E-state index in [9.17, 15) is 14.7 Å². The van der Waals surface area contributed by atoms with Gasteiger partial charge in [0.15, 0.2) is 5.60 Å². The highest BCUT2D eigenvalue weighted by Gasteiger charge is 2.30. The van der Waals surface area contributed by atoms with Gasteiger partial charge in [0, 0.05) is 6.42 Å². The summed E-state index contributed by atoms with van der Waals surface area (Å²) in [6.45, 7) is 1.48. The topological polar surface area (TPSA) is 95.9 Å². The van der Waals surface area contributed by atoms with E-state index in [-0.39, 0.29) is 18.9 Å². The van der Waals surface area contributed by atoms with Crippen LogP contribution in [0.25, 0.3) is 0 Å². The van der Waals surface area contributed by atoms with Crippen LogP contribution in [0.3, 0.4) is 0 Å². The lowest BCUT2D eigenvalue weighted by atomic mass is 10.1. The van der Waals surface area contributed by atoms with Gasteiger partial charge in [-0.2, -0.15) is 0 Å². The Balaban J connectivity index is 1.90. The molecule has 1 amide bonds. The summed E-state index contributed by atoms with van der Waals surface area (Å²) in [4.78, 5) is 22.4. The molecule has 0 radical (unpaired) electrons. The first-order chi connectivity index (χ1) is 9.38. The molecule has 1 heterocycles. The molecule has 3 N–H and O–H groups in total. The predicted molar refractivity (Wildman–Crippen MR) is 70.6 cm³/mol. The fraction of sp³-hybridized carbons (Fsp3) is 0.429. The van der Waals surface area contributed by atoms with Crippen LogP contribution in [0.4, 0.5) is 0 Å². The van der Waals surface area contributed by atoms with Crippen molar-refractivity contribution in [3.05, 3.63) is 29.3 Å². The van der Waals surface area contributed by atoms with Crippen molar-refractivity contribution < 1.29 is 24.5 Å². The molecule has 1 unspecified atom stereocenters. The molecular weight excluding hydrogens is 262 g/mol. The minimum absolute atomic E-state index is 0.142. The van der Waals surface area contributed by atoms with Gasteiger partial charge in [0.1, 0.15) is 5.75 Å². The molecule has 1 aliphatic rings. The van der Waals surface area contributed by atoms with Crippen LogP contribution in [0.5, 0.6) is 5.75 Å². The lowest BCUT2D eigenvalue weighted by Crippen LogP contribution is -2.46. The molecular formula is C14H17NO5. The summed E-state index contributed by atoms with van der Waals surface area (Å²) in [5.74, 6) is -0.846. The quantitative estimate of drug-likeness (QED) is 0.711. The van der Waals surface area contributed by atoms with Gasteiger partial charge >= 0.3 is 5.97 Å². The second kappa shape index (κ2) is 5.50. The number of carboxylic acid groups (broad SMARTS) is 1. The normalized spacial score (nSPS) is 15.9. The number of hydrogen-bond donors (Lipinski definition) is 3. The van der Waals surface area contributed by atoms with Crippen molar-refractivity contribution in [2.24, 2.45) is 0 Å². The molecule has 0 saturated heterocycles. The van der Waals surface area contributed by atoms with E-state index >= 15 is 0 Å². The molecule has 108 valence electrons. The number of carboxylic acids is 1. The van der Waals surface area contributed by atoms with E-state index in [1.807, 2.05) is 12.1 Å². The molecule has 0 fully saturated rings. The van der Waals surface area contributed by atoms with E-state index in [0.717, 1.165) is 30.2 Å². The Morgan fingerprint density at radius 2 is 2.20 bits per heavy atom. The van der Waals surface area contributed by atoms with Crippen molar-refractivity contribution in [3.63, 3.8) is 0 Å². The Kier molecular flexibility index (Phi) is 3.94. The molecule has 1 aromatic carbocycles. The van der Waals surface area contributed by atoms with Gasteiger partial charge in [-0.25, -0.2) is 4.79 Å². The smallest absolute Gasteiger partial charge is 0.337 e. The van der Waals surface area contributed by atoms with E-state index in [4.69, 9.17) is 9.84 Å². The van der Waals surface area contributed by atoms with Crippen molar-refractivity contribution in [2.75, 3.05) is 13.2 Å². The zero-order valence-corrected chi connectivity index (χ0v) is 11.2. The number of benzene rings is 1. The van der Waals surface area contributed by atoms with Gasteiger partial charge in [-0.3, -0.25) is 4.79 Å². The number of ether oxygens (including phenoxy) is 1. The van der Waals surface area contributed by atoms with Crippen LogP contribution in [-0.4, -0.2) is 40.8 Å². The Hall–Kier alpha value is -2.08. The van der Waals surface area contributed by atoms with Crippen LogP contribution >= 0.6 is 0 Å². The van der Waals surface area contributed by atoms with E-state index in [1.54, 1.807) is 6.07 Å². The third-order valence-corrected chi connectivity index (χ3v) is 3.21. The highest BCUT2D eigenvalue weighted by molar-refractivity contribution is 5.81. The Labute approximate surface area is 116 Å². The number of nitrogens with one attached hydrogen (secondary N) is 1. The van der Waals surface area contributed by atoms with Crippen molar-refractivity contribution >= 4 is 11.9 Å². The van der Waals surface area contributed by atoms with Crippen molar-refractivity contribution in [1.82, 2.24) is 5.32 Å². The molecule has 0 aliphatic carbocycles. The first kappa shape index (κ1) is 14.3. The predicted octanol–water partition coefficient (Wildman–Crippen LogP) is 0.116. The van der Waals surface area contributed by atoms with Crippen molar-refractivity contribution in [3.8, 4) is 5.75 Å². The first-order valence-corrected chi connectivity index (χ1v) is 6.35. The molecule has 0 spiro atoms. The van der Waals surface area contributed by atoms with Crippen molar-refractivity contribution in [1.29, 1.82) is 0 Å². The molecule has 20 heavy (non-hydrogen) atoms. The lowest BCUT2D eigenvalue weighted by molar-refractivity contribution is -0.156. The number of carbonyl (C=O) groups excluding carboxylic acids is 1. The van der Waals surface area contributed by atoms with Gasteiger partial charge in [-0.05, 0) is 24.1 Å². The maximum atomic E-state index is 11.7. The summed E-state index contributed by atoms with van der Waals surface area (Å²) >= 11 is 0. The lowest BCUT2D eigenvalue weighted by Gasteiger charge is -2.18. The van der Waals surface area contributed by atoms with Crippen LogP contribution in [0.1, 0.15) is 18.1 Å². The van der Waals surface area contributed by atoms with Gasteiger partial charge in [0.05, 0.1) is 19.6 Å². The van der Waals surface area contributed by atoms with Gasteiger partial charge < -0.3 is 20.3 Å². The molecule has 1 aliphatic heterocycles. The van der Waals surface area contributed by atoms with Crippen LogP contribution in [0.15, 0.2) is 18.2 Å². The number of aliphatic carboxylic acids is 1. The third-order valence-electron chi connectivity index (χ3n) is 3.21. The Bertz CT molecular complexity index is 538. The Morgan fingerprint density at radius 1 is 1.45 bits per heavy atom. The summed E-state index contributed by atoms with van der Waals surface area (Å²) < 4.78 is 5.38. The van der Waals surface area contributed by atoms with Crippen LogP contribution in [0, 0.1) is 0 Å². The number of carbonyl (C=O) groups is 2. The largest absolute Gasteiger partial charge is 0.493 e. The number of aliphatic hydroxyl groups is 1. The van der Waals surface area contributed by atoms with E-state index in [0.29, 0.717) is 6.61 Å². The molecule has 1 atom stereocenters. The maximum absolute atomic E-state index is 11.7. The van der Waals surface area contributed by atoms with Gasteiger partial charge in [-0.15, -0.1) is 0 Å². The van der Waals surface area contributed by atoms with Crippen molar-refractivity contribution in [2.45, 2.75) is 25.4 Å². The zero-order chi connectivity index (χ0) is 14.8. The molecule has 6 heteroatoms. The van der Waals surface area contributed by atoms with Gasteiger partial charge in [-0.1, -0.05) is 12.1 Å². The number of rotatable bonds is 5. The minimum Gasteiger partial charge on any atom is -0.493 e. The first-order valence-electron chi connectivity index (χ1n) is 6.35. The molecule has 0 bridgehead atoms. The average Bonchev–Trinajstić information content (AvgIpc) is 2.83. The standard InChI is InChI=1S/C14H17NO5/c1-14(19,13(17)18)8-15-12(16)7-9-2-3-11-10(6-9)4-5-20-11/h2-3,6,19H,4-5,7-8H2,1H3,(H,15,16)(H,17,18). The summed E-state index contributed by atoms with van der Waals surface area (Å²) in [6, 6.07) is 5.55. The highest BCUT2D eigenvalue weighted by atomic mass is 16.5. The van der Waals surface area contributed by atoms with Gasteiger partial charge in [0.25, 0.3) is 0 Å². The minimum atomic E-state index is -1.96. The summed E-state index contributed by atoms with van der Waals surface area (Å²) in [5, 5.41) is 20.7. The highest BCUT2D eigenvalue weighted by Crippen LogP contribution is 2.25. The second-order valence-corrected chi connectivity index (χ2v) is 5.07. The number of amides is 1. The summed E-state index contributed by atoms with van der Waals surface area (Å²) in [6.07, 6.45) is 0.974. The van der Waals surface area contributed by atoms with Crippen LogP contribution in [-0.2, 0) is 22.4 Å². The Morgan fingerprint density at radius 3 is 2.90 bits per heavy atom. The summed E-state index contributed by atoms with van der Waals surface area (Å²) in [7, 11) is 0. The average molecular weight is 279 g/mol. The SMILES string of the molecule is CC(O)(CNC(=O)Cc1ccc2c(c1)CCO2)C(=O)O. The van der Waals surface area contributed by atoms with Crippen LogP contribution in [0.2, 0.25) is 0 Å². The van der Waals surface area contributed by atoms with E-state index < -0.39 is 11.6 Å². The summed E-state index contributed by atoms with van der Waals surface area (Å²) in [5.41, 5.74) is -0.0453. The van der Waals surface area contributed by atoms with Gasteiger partial charge in [0.2, 0.25) is 5.91 Å². The number of fused-ring (bicyclic) bond motifs is 1. The second-order valence-electron chi connectivity index (χ2n) is 5.07. The molecule has 1 aromatic rings. The van der Waals surface area contributed by atoms with E-state index in [2.05, 4.69) is 5.32 Å².